The van der Waals surface area contributed by atoms with Crippen molar-refractivity contribution in [2.24, 2.45) is 0 Å². The molecule has 100 valence electrons. The topological polar surface area (TPSA) is 108 Å². The van der Waals surface area contributed by atoms with E-state index in [1.165, 1.54) is 0 Å². The van der Waals surface area contributed by atoms with E-state index in [0.717, 1.165) is 0 Å². The number of carbonyl (C=O) groups is 2. The molecule has 7 heteroatoms. The number of hydrogen-bond donors (Lipinski definition) is 4. The lowest BCUT2D eigenvalue weighted by molar-refractivity contribution is -0.146. The molecule has 0 heterocycles. The van der Waals surface area contributed by atoms with Gasteiger partial charge in [0.25, 0.3) is 0 Å². The smallest absolute Gasteiger partial charge is 0.332 e. The van der Waals surface area contributed by atoms with E-state index in [1.807, 2.05) is 6.92 Å². The molecule has 0 aromatic rings. The number of aliphatic hydroxyl groups is 1. The summed E-state index contributed by atoms with van der Waals surface area (Å²) in [5, 5.41) is 22.4. The molecule has 2 amide bonds. The Balaban J connectivity index is 3.62. The lowest BCUT2D eigenvalue weighted by Crippen LogP contribution is -2.43. The number of aliphatic carboxylic acids is 1. The minimum Gasteiger partial charge on any atom is -0.479 e. The first-order valence-corrected chi connectivity index (χ1v) is 5.50. The fraction of sp³-hybridized carbons (Fsp3) is 0.800. The first-order valence-electron chi connectivity index (χ1n) is 5.50. The molecule has 17 heavy (non-hydrogen) atoms. The zero-order valence-corrected chi connectivity index (χ0v) is 10.1. The lowest BCUT2D eigenvalue weighted by atomic mass is 10.2. The summed E-state index contributed by atoms with van der Waals surface area (Å²) in [5.74, 6) is -1.29. The summed E-state index contributed by atoms with van der Waals surface area (Å²) >= 11 is 0. The van der Waals surface area contributed by atoms with Gasteiger partial charge in [-0.1, -0.05) is 0 Å². The first kappa shape index (κ1) is 15.7. The Labute approximate surface area is 100 Å². The highest BCUT2D eigenvalue weighted by atomic mass is 16.5. The molecule has 2 unspecified atom stereocenters. The highest BCUT2D eigenvalue weighted by Gasteiger charge is 2.13. The molecule has 0 aliphatic heterocycles. The van der Waals surface area contributed by atoms with Crippen LogP contribution in [0, 0.1) is 0 Å². The molecule has 0 aliphatic rings. The maximum atomic E-state index is 11.3. The SMILES string of the molecule is CCOCC(C)NC(=O)NCCC(O)C(=O)O. The van der Waals surface area contributed by atoms with E-state index in [2.05, 4.69) is 10.6 Å². The lowest BCUT2D eigenvalue weighted by Gasteiger charge is -2.14. The first-order chi connectivity index (χ1) is 7.97. The number of hydrogen-bond acceptors (Lipinski definition) is 4. The van der Waals surface area contributed by atoms with E-state index in [0.29, 0.717) is 13.2 Å². The minimum atomic E-state index is -1.45. The summed E-state index contributed by atoms with van der Waals surface area (Å²) in [6.45, 7) is 4.75. The Morgan fingerprint density at radius 3 is 2.59 bits per heavy atom. The quantitative estimate of drug-likeness (QED) is 0.465. The number of nitrogens with one attached hydrogen (secondary N) is 2. The summed E-state index contributed by atoms with van der Waals surface area (Å²) in [6, 6.07) is -0.533. The van der Waals surface area contributed by atoms with Gasteiger partial charge in [0.05, 0.1) is 12.6 Å². The van der Waals surface area contributed by atoms with Crippen LogP contribution in [0.1, 0.15) is 20.3 Å². The van der Waals surface area contributed by atoms with Crippen LogP contribution in [-0.2, 0) is 9.53 Å². The summed E-state index contributed by atoms with van der Waals surface area (Å²) in [7, 11) is 0. The van der Waals surface area contributed by atoms with Crippen LogP contribution in [0.2, 0.25) is 0 Å². The minimum absolute atomic E-state index is 0.0252. The van der Waals surface area contributed by atoms with Crippen LogP contribution in [0.4, 0.5) is 4.79 Å². The van der Waals surface area contributed by atoms with E-state index in [1.54, 1.807) is 6.92 Å². The van der Waals surface area contributed by atoms with Gasteiger partial charge in [0, 0.05) is 19.6 Å². The van der Waals surface area contributed by atoms with Crippen LogP contribution < -0.4 is 10.6 Å². The highest BCUT2D eigenvalue weighted by Crippen LogP contribution is 1.89. The van der Waals surface area contributed by atoms with E-state index in [9.17, 15) is 9.59 Å². The number of rotatable bonds is 8. The van der Waals surface area contributed by atoms with Crippen molar-refractivity contribution in [1.82, 2.24) is 10.6 Å². The number of carboxylic acids is 1. The van der Waals surface area contributed by atoms with Gasteiger partial charge in [-0.3, -0.25) is 0 Å². The van der Waals surface area contributed by atoms with Crippen molar-refractivity contribution in [2.45, 2.75) is 32.4 Å². The molecular formula is C10H20N2O5. The zero-order chi connectivity index (χ0) is 13.3. The summed E-state index contributed by atoms with van der Waals surface area (Å²) in [5.41, 5.74) is 0. The van der Waals surface area contributed by atoms with Gasteiger partial charge < -0.3 is 25.6 Å². The predicted octanol–water partition coefficient (Wildman–Crippen LogP) is -0.454. The number of carboxylic acid groups (broad SMARTS) is 1. The molecule has 0 radical (unpaired) electrons. The third-order valence-corrected chi connectivity index (χ3v) is 1.94. The fourth-order valence-electron chi connectivity index (χ4n) is 1.06. The zero-order valence-electron chi connectivity index (χ0n) is 10.1. The second-order valence-electron chi connectivity index (χ2n) is 3.60. The molecule has 0 rings (SSSR count). The van der Waals surface area contributed by atoms with Gasteiger partial charge in [0.15, 0.2) is 6.10 Å². The summed E-state index contributed by atoms with van der Waals surface area (Å²) in [6.07, 6.45) is -1.47. The molecular weight excluding hydrogens is 228 g/mol. The van der Waals surface area contributed by atoms with Crippen molar-refractivity contribution in [3.05, 3.63) is 0 Å². The second kappa shape index (κ2) is 8.77. The summed E-state index contributed by atoms with van der Waals surface area (Å²) in [4.78, 5) is 21.5. The largest absolute Gasteiger partial charge is 0.479 e. The van der Waals surface area contributed by atoms with E-state index in [-0.39, 0.29) is 19.0 Å². The van der Waals surface area contributed by atoms with Crippen molar-refractivity contribution in [3.63, 3.8) is 0 Å². The Bertz CT molecular complexity index is 247. The summed E-state index contributed by atoms with van der Waals surface area (Å²) < 4.78 is 5.11. The van der Waals surface area contributed by atoms with Crippen LogP contribution in [0.25, 0.3) is 0 Å². The van der Waals surface area contributed by atoms with Gasteiger partial charge in [0.2, 0.25) is 0 Å². The molecule has 0 aromatic heterocycles. The number of carbonyl (C=O) groups excluding carboxylic acids is 1. The predicted molar refractivity (Wildman–Crippen MR) is 60.7 cm³/mol. The molecule has 0 saturated carbocycles. The van der Waals surface area contributed by atoms with Gasteiger partial charge in [-0.15, -0.1) is 0 Å². The van der Waals surface area contributed by atoms with Crippen molar-refractivity contribution in [1.29, 1.82) is 0 Å². The maximum absolute atomic E-state index is 11.3. The Morgan fingerprint density at radius 2 is 2.06 bits per heavy atom. The van der Waals surface area contributed by atoms with E-state index in [4.69, 9.17) is 14.9 Å². The van der Waals surface area contributed by atoms with Gasteiger partial charge >= 0.3 is 12.0 Å². The average molecular weight is 248 g/mol. The highest BCUT2D eigenvalue weighted by molar-refractivity contribution is 5.74. The monoisotopic (exact) mass is 248 g/mol. The Kier molecular flexibility index (Phi) is 8.08. The van der Waals surface area contributed by atoms with Crippen molar-refractivity contribution >= 4 is 12.0 Å². The normalized spacial score (nSPS) is 13.8. The third kappa shape index (κ3) is 8.47. The maximum Gasteiger partial charge on any atom is 0.332 e. The van der Waals surface area contributed by atoms with Crippen LogP contribution in [0.3, 0.4) is 0 Å². The number of amides is 2. The second-order valence-corrected chi connectivity index (χ2v) is 3.60. The number of urea groups is 1. The number of aliphatic hydroxyl groups excluding tert-OH is 1. The molecule has 4 N–H and O–H groups in total. The molecule has 0 bridgehead atoms. The average Bonchev–Trinajstić information content (AvgIpc) is 2.25. The Morgan fingerprint density at radius 1 is 1.41 bits per heavy atom. The van der Waals surface area contributed by atoms with Crippen molar-refractivity contribution < 1.29 is 24.5 Å². The number of ether oxygens (including phenoxy) is 1. The van der Waals surface area contributed by atoms with Crippen molar-refractivity contribution in [3.8, 4) is 0 Å². The molecule has 7 nitrogen and oxygen atoms in total. The molecule has 0 spiro atoms. The van der Waals surface area contributed by atoms with E-state index < -0.39 is 18.1 Å². The van der Waals surface area contributed by atoms with E-state index >= 15 is 0 Å². The van der Waals surface area contributed by atoms with Crippen LogP contribution in [-0.4, -0.2) is 54.1 Å². The third-order valence-electron chi connectivity index (χ3n) is 1.94. The van der Waals surface area contributed by atoms with Gasteiger partial charge in [-0.25, -0.2) is 9.59 Å². The standard InChI is InChI=1S/C10H20N2O5/c1-3-17-6-7(2)12-10(16)11-5-4-8(13)9(14)15/h7-8,13H,3-6H2,1-2H3,(H,14,15)(H2,11,12,16). The molecule has 0 saturated heterocycles. The van der Waals surface area contributed by atoms with Crippen molar-refractivity contribution in [2.75, 3.05) is 19.8 Å². The van der Waals surface area contributed by atoms with Gasteiger partial charge in [-0.2, -0.15) is 0 Å². The van der Waals surface area contributed by atoms with Gasteiger partial charge in [-0.05, 0) is 13.8 Å². The molecule has 0 fully saturated rings. The molecule has 0 aliphatic carbocycles. The van der Waals surface area contributed by atoms with Crippen LogP contribution in [0.5, 0.6) is 0 Å². The fourth-order valence-corrected chi connectivity index (χ4v) is 1.06. The molecule has 0 aromatic carbocycles. The van der Waals surface area contributed by atoms with Crippen LogP contribution >= 0.6 is 0 Å². The van der Waals surface area contributed by atoms with Gasteiger partial charge in [0.1, 0.15) is 0 Å². The Hall–Kier alpha value is -1.34. The molecule has 2 atom stereocenters. The van der Waals surface area contributed by atoms with Crippen LogP contribution in [0.15, 0.2) is 0 Å².